The molecule has 0 saturated carbocycles. The van der Waals surface area contributed by atoms with Crippen LogP contribution < -0.4 is 0 Å². The van der Waals surface area contributed by atoms with Crippen LogP contribution in [-0.4, -0.2) is 4.57 Å². The van der Waals surface area contributed by atoms with Crippen molar-refractivity contribution in [1.82, 2.24) is 4.57 Å². The van der Waals surface area contributed by atoms with E-state index in [0.717, 1.165) is 0 Å². The highest BCUT2D eigenvalue weighted by Gasteiger charge is 2.24. The fourth-order valence-electron chi connectivity index (χ4n) is 6.94. The first-order chi connectivity index (χ1) is 20.3. The monoisotopic (exact) mass is 519 g/mol. The highest BCUT2D eigenvalue weighted by Crippen LogP contribution is 2.49. The van der Waals surface area contributed by atoms with Gasteiger partial charge in [-0.05, 0) is 85.6 Å². The average molecular weight is 520 g/mol. The zero-order valence-corrected chi connectivity index (χ0v) is 22.4. The molecule has 1 heterocycles. The maximum absolute atomic E-state index is 2.48. The van der Waals surface area contributed by atoms with E-state index in [1.54, 1.807) is 0 Å². The van der Waals surface area contributed by atoms with Crippen molar-refractivity contribution in [2.24, 2.45) is 0 Å². The molecule has 1 heteroatoms. The Hall–Kier alpha value is -5.40. The van der Waals surface area contributed by atoms with Crippen LogP contribution in [-0.2, 0) is 0 Å². The number of nitrogens with zero attached hydrogens (tertiary/aromatic N) is 1. The van der Waals surface area contributed by atoms with Crippen LogP contribution in [0.4, 0.5) is 0 Å². The predicted octanol–water partition coefficient (Wildman–Crippen LogP) is 10.9. The van der Waals surface area contributed by atoms with E-state index in [9.17, 15) is 0 Å². The van der Waals surface area contributed by atoms with Crippen molar-refractivity contribution in [2.75, 3.05) is 0 Å². The van der Waals surface area contributed by atoms with Crippen molar-refractivity contribution in [2.45, 2.75) is 0 Å². The van der Waals surface area contributed by atoms with Crippen LogP contribution in [0.15, 0.2) is 152 Å². The fourth-order valence-corrected chi connectivity index (χ4v) is 6.94. The lowest BCUT2D eigenvalue weighted by Crippen LogP contribution is -1.96. The summed E-state index contributed by atoms with van der Waals surface area (Å²) < 4.78 is 2.48. The quantitative estimate of drug-likeness (QED) is 0.219. The number of hydrogen-bond donors (Lipinski definition) is 0. The second kappa shape index (κ2) is 8.55. The molecule has 0 amide bonds. The maximum Gasteiger partial charge on any atom is 0.0548 e. The molecule has 0 spiro atoms. The molecule has 9 rings (SSSR count). The molecule has 0 radical (unpaired) electrons. The SMILES string of the molecule is c1ccc(-c2cc(-c3ccccc3)cc(-n3c4cccc5c4c4c6c(cccc6ccc43)-c3ccccc3-5)c2)cc1. The van der Waals surface area contributed by atoms with E-state index in [2.05, 4.69) is 156 Å². The Kier molecular flexibility index (Phi) is 4.67. The lowest BCUT2D eigenvalue weighted by atomic mass is 9.93. The van der Waals surface area contributed by atoms with Crippen molar-refractivity contribution >= 4 is 32.6 Å². The summed E-state index contributed by atoms with van der Waals surface area (Å²) in [5, 5.41) is 5.29. The summed E-state index contributed by atoms with van der Waals surface area (Å²) in [6.45, 7) is 0. The highest BCUT2D eigenvalue weighted by molar-refractivity contribution is 6.30. The third kappa shape index (κ3) is 3.24. The van der Waals surface area contributed by atoms with Gasteiger partial charge in [0, 0.05) is 16.5 Å². The number of fused-ring (bicyclic) bond motifs is 3. The summed E-state index contributed by atoms with van der Waals surface area (Å²) in [6, 6.07) is 55.5. The van der Waals surface area contributed by atoms with Gasteiger partial charge in [0.2, 0.25) is 0 Å². The van der Waals surface area contributed by atoms with Gasteiger partial charge in [-0.3, -0.25) is 0 Å². The molecule has 1 aromatic heterocycles. The predicted molar refractivity (Wildman–Crippen MR) is 174 cm³/mol. The Morgan fingerprint density at radius 2 is 0.854 bits per heavy atom. The molecule has 0 atom stereocenters. The molecule has 0 N–H and O–H groups in total. The van der Waals surface area contributed by atoms with Crippen LogP contribution in [0, 0.1) is 0 Å². The molecule has 0 saturated heterocycles. The van der Waals surface area contributed by atoms with Crippen molar-refractivity contribution in [3.63, 3.8) is 0 Å². The summed E-state index contributed by atoms with van der Waals surface area (Å²) in [6.07, 6.45) is 0. The van der Waals surface area contributed by atoms with E-state index in [1.165, 1.54) is 82.8 Å². The largest absolute Gasteiger partial charge is 0.309 e. The summed E-state index contributed by atoms with van der Waals surface area (Å²) >= 11 is 0. The van der Waals surface area contributed by atoms with Gasteiger partial charge < -0.3 is 4.57 Å². The fraction of sp³-hybridized carbons (Fsp3) is 0. The Morgan fingerprint density at radius 1 is 0.317 bits per heavy atom. The van der Waals surface area contributed by atoms with Crippen LogP contribution in [0.25, 0.3) is 82.8 Å². The zero-order chi connectivity index (χ0) is 26.9. The van der Waals surface area contributed by atoms with Crippen molar-refractivity contribution in [1.29, 1.82) is 0 Å². The first-order valence-corrected chi connectivity index (χ1v) is 14.2. The summed E-state index contributed by atoms with van der Waals surface area (Å²) in [7, 11) is 0. The lowest BCUT2D eigenvalue weighted by Gasteiger charge is -2.16. The van der Waals surface area contributed by atoms with E-state index < -0.39 is 0 Å². The number of hydrogen-bond acceptors (Lipinski definition) is 0. The van der Waals surface area contributed by atoms with Crippen molar-refractivity contribution in [3.8, 4) is 50.2 Å². The number of aromatic nitrogens is 1. The third-order valence-corrected chi connectivity index (χ3v) is 8.70. The van der Waals surface area contributed by atoms with Gasteiger partial charge in [0.1, 0.15) is 0 Å². The molecule has 0 bridgehead atoms. The van der Waals surface area contributed by atoms with Crippen LogP contribution in [0.2, 0.25) is 0 Å². The van der Waals surface area contributed by atoms with Gasteiger partial charge in [-0.1, -0.05) is 121 Å². The van der Waals surface area contributed by atoms with Gasteiger partial charge in [0.25, 0.3) is 0 Å². The summed E-state index contributed by atoms with van der Waals surface area (Å²) in [4.78, 5) is 0. The molecule has 8 aromatic rings. The van der Waals surface area contributed by atoms with Crippen LogP contribution in [0.5, 0.6) is 0 Å². The second-order valence-corrected chi connectivity index (χ2v) is 10.9. The molecule has 7 aromatic carbocycles. The minimum atomic E-state index is 1.17. The van der Waals surface area contributed by atoms with Gasteiger partial charge >= 0.3 is 0 Å². The molecule has 41 heavy (non-hydrogen) atoms. The van der Waals surface area contributed by atoms with Gasteiger partial charge in [-0.15, -0.1) is 0 Å². The minimum absolute atomic E-state index is 1.17. The third-order valence-electron chi connectivity index (χ3n) is 8.70. The highest BCUT2D eigenvalue weighted by atomic mass is 15.0. The molecular weight excluding hydrogens is 494 g/mol. The van der Waals surface area contributed by atoms with E-state index in [0.29, 0.717) is 0 Å². The van der Waals surface area contributed by atoms with Gasteiger partial charge in [-0.2, -0.15) is 0 Å². The van der Waals surface area contributed by atoms with Gasteiger partial charge in [-0.25, -0.2) is 0 Å². The van der Waals surface area contributed by atoms with E-state index in [4.69, 9.17) is 0 Å². The summed E-state index contributed by atoms with van der Waals surface area (Å²) in [5.41, 5.74) is 13.7. The average Bonchev–Trinajstić information content (AvgIpc) is 3.33. The van der Waals surface area contributed by atoms with Gasteiger partial charge in [0.05, 0.1) is 11.0 Å². The standard InChI is InChI=1S/C40H25N/c1-3-11-26(12-4-1)29-23-30(27-13-5-2-6-14-27)25-31(24-29)41-36-20-10-19-35-33-17-8-7-16-32(33)34-18-9-15-28-21-22-37(41)40(38(28)34)39(35)36/h1-25H. The van der Waals surface area contributed by atoms with Crippen LogP contribution in [0.3, 0.4) is 0 Å². The smallest absolute Gasteiger partial charge is 0.0548 e. The molecule has 1 aliphatic carbocycles. The molecule has 0 unspecified atom stereocenters. The van der Waals surface area contributed by atoms with E-state index >= 15 is 0 Å². The Balaban J connectivity index is 1.45. The molecule has 190 valence electrons. The van der Waals surface area contributed by atoms with E-state index in [-0.39, 0.29) is 0 Å². The van der Waals surface area contributed by atoms with Crippen LogP contribution in [0.1, 0.15) is 0 Å². The van der Waals surface area contributed by atoms with Crippen molar-refractivity contribution in [3.05, 3.63) is 152 Å². The lowest BCUT2D eigenvalue weighted by molar-refractivity contribution is 1.18. The normalized spacial score (nSPS) is 11.9. The Labute approximate surface area is 238 Å². The molecule has 0 aliphatic heterocycles. The maximum atomic E-state index is 2.48. The van der Waals surface area contributed by atoms with Crippen molar-refractivity contribution < 1.29 is 0 Å². The molecular formula is C40H25N. The minimum Gasteiger partial charge on any atom is -0.309 e. The topological polar surface area (TPSA) is 4.93 Å². The zero-order valence-electron chi connectivity index (χ0n) is 22.4. The number of rotatable bonds is 3. The Morgan fingerprint density at radius 3 is 1.51 bits per heavy atom. The molecule has 1 nitrogen and oxygen atoms in total. The van der Waals surface area contributed by atoms with Gasteiger partial charge in [0.15, 0.2) is 0 Å². The van der Waals surface area contributed by atoms with Crippen LogP contribution >= 0.6 is 0 Å². The Bertz CT molecular complexity index is 2230. The number of benzene rings is 7. The second-order valence-electron chi connectivity index (χ2n) is 10.9. The van der Waals surface area contributed by atoms with E-state index in [1.807, 2.05) is 0 Å². The first kappa shape index (κ1) is 22.4. The first-order valence-electron chi connectivity index (χ1n) is 14.2. The molecule has 1 aliphatic rings. The molecule has 0 fully saturated rings. The summed E-state index contributed by atoms with van der Waals surface area (Å²) in [5.74, 6) is 0.